The smallest absolute Gasteiger partial charge is 0.262 e. The van der Waals surface area contributed by atoms with Gasteiger partial charge in [-0.25, -0.2) is 23.0 Å². The zero-order valence-corrected chi connectivity index (χ0v) is 22.3. The Morgan fingerprint density at radius 2 is 1.88 bits per heavy atom. The van der Waals surface area contributed by atoms with Gasteiger partial charge in [-0.2, -0.15) is 10.2 Å². The molecule has 6 rings (SSSR count). The van der Waals surface area contributed by atoms with Gasteiger partial charge in [0.25, 0.3) is 5.91 Å². The number of benzene rings is 2. The van der Waals surface area contributed by atoms with Gasteiger partial charge < -0.3 is 9.87 Å². The van der Waals surface area contributed by atoms with Crippen molar-refractivity contribution in [1.29, 1.82) is 0 Å². The van der Waals surface area contributed by atoms with Crippen molar-refractivity contribution in [2.24, 2.45) is 0 Å². The van der Waals surface area contributed by atoms with Crippen LogP contribution in [-0.2, 0) is 11.4 Å². The van der Waals surface area contributed by atoms with E-state index in [0.717, 1.165) is 29.1 Å². The Morgan fingerprint density at radius 3 is 2.62 bits per heavy atom. The van der Waals surface area contributed by atoms with Crippen molar-refractivity contribution in [3.05, 3.63) is 102 Å². The normalized spacial score (nSPS) is 15.4. The third-order valence-electron chi connectivity index (χ3n) is 6.96. The Morgan fingerprint density at radius 1 is 1.10 bits per heavy atom. The molecule has 3 aromatic heterocycles. The third kappa shape index (κ3) is 5.08. The molecule has 1 aliphatic rings. The molecule has 12 heteroatoms. The van der Waals surface area contributed by atoms with Gasteiger partial charge in [-0.05, 0) is 44.0 Å². The van der Waals surface area contributed by atoms with E-state index in [1.165, 1.54) is 16.8 Å². The van der Waals surface area contributed by atoms with Crippen LogP contribution in [0.2, 0.25) is 0 Å². The Hall–Kier alpha value is -4.13. The van der Waals surface area contributed by atoms with E-state index in [1.807, 2.05) is 37.3 Å². The number of nitrogens with zero attached hydrogens (tertiary/aromatic N) is 6. The van der Waals surface area contributed by atoms with Crippen molar-refractivity contribution in [3.63, 3.8) is 0 Å². The van der Waals surface area contributed by atoms with Gasteiger partial charge in [-0.1, -0.05) is 17.7 Å². The van der Waals surface area contributed by atoms with Crippen LogP contribution in [0.1, 0.15) is 40.4 Å². The van der Waals surface area contributed by atoms with Crippen molar-refractivity contribution >= 4 is 28.7 Å². The number of hydrogen-bond acceptors (Lipinski definition) is 6. The first-order valence-electron chi connectivity index (χ1n) is 12.8. The van der Waals surface area contributed by atoms with Crippen LogP contribution in [0, 0.1) is 18.6 Å². The Balaban J connectivity index is 1.24. The molecular formula is C28H25F2N7O2S. The molecule has 0 aliphatic carbocycles. The van der Waals surface area contributed by atoms with Gasteiger partial charge in [-0.3, -0.25) is 4.79 Å². The molecule has 2 aromatic carbocycles. The Bertz CT molecular complexity index is 1680. The van der Waals surface area contributed by atoms with Gasteiger partial charge in [0.2, 0.25) is 4.90 Å². The number of carbonyl (C=O) groups is 1. The first-order valence-corrected chi connectivity index (χ1v) is 13.9. The number of nitrogens with one attached hydrogen (secondary N) is 1. The minimum absolute atomic E-state index is 0.0318. The maximum absolute atomic E-state index is 14.2. The maximum atomic E-state index is 14.2. The molecule has 1 aliphatic heterocycles. The van der Waals surface area contributed by atoms with Crippen molar-refractivity contribution in [2.75, 3.05) is 18.4 Å². The lowest BCUT2D eigenvalue weighted by Crippen LogP contribution is -2.38. The fourth-order valence-electron chi connectivity index (χ4n) is 4.82. The summed E-state index contributed by atoms with van der Waals surface area (Å²) in [6.45, 7) is 2.89. The predicted molar refractivity (Wildman–Crippen MR) is 146 cm³/mol. The van der Waals surface area contributed by atoms with Crippen LogP contribution in [0.15, 0.2) is 78.1 Å². The second-order valence-electron chi connectivity index (χ2n) is 9.63. The summed E-state index contributed by atoms with van der Waals surface area (Å²) < 4.78 is 45.4. The van der Waals surface area contributed by atoms with Gasteiger partial charge >= 0.3 is 0 Å². The minimum atomic E-state index is -1.73. The fraction of sp³-hybridized carbons (Fsp3) is 0.214. The molecule has 0 radical (unpaired) electrons. The molecule has 1 fully saturated rings. The lowest BCUT2D eigenvalue weighted by atomic mass is 9.95. The van der Waals surface area contributed by atoms with E-state index in [1.54, 1.807) is 27.4 Å². The van der Waals surface area contributed by atoms with Gasteiger partial charge in [0.1, 0.15) is 17.2 Å². The quantitative estimate of drug-likeness (QED) is 0.303. The summed E-state index contributed by atoms with van der Waals surface area (Å²) in [6.07, 6.45) is 6.06. The molecule has 204 valence electrons. The van der Waals surface area contributed by atoms with E-state index < -0.39 is 23.0 Å². The summed E-state index contributed by atoms with van der Waals surface area (Å²) >= 11 is -1.73. The van der Waals surface area contributed by atoms with E-state index in [0.29, 0.717) is 43.0 Å². The van der Waals surface area contributed by atoms with Gasteiger partial charge in [-0.15, -0.1) is 4.31 Å². The molecular weight excluding hydrogens is 536 g/mol. The van der Waals surface area contributed by atoms with Crippen LogP contribution in [0.5, 0.6) is 0 Å². The van der Waals surface area contributed by atoms with Crippen molar-refractivity contribution < 1.29 is 18.1 Å². The van der Waals surface area contributed by atoms with E-state index in [9.17, 15) is 18.1 Å². The monoisotopic (exact) mass is 561 g/mol. The molecule has 4 heterocycles. The lowest BCUT2D eigenvalue weighted by Gasteiger charge is -2.31. The average molecular weight is 562 g/mol. The number of anilines is 1. The number of piperidine rings is 1. The van der Waals surface area contributed by atoms with Gasteiger partial charge in [0.15, 0.2) is 11.5 Å². The summed E-state index contributed by atoms with van der Waals surface area (Å²) in [6, 6.07) is 14.5. The van der Waals surface area contributed by atoms with Crippen LogP contribution in [-0.4, -0.2) is 52.2 Å². The summed E-state index contributed by atoms with van der Waals surface area (Å²) in [5, 5.41) is 12.0. The molecule has 1 atom stereocenters. The van der Waals surface area contributed by atoms with Gasteiger partial charge in [0, 0.05) is 49.6 Å². The van der Waals surface area contributed by atoms with E-state index in [2.05, 4.69) is 15.4 Å². The molecule has 0 spiro atoms. The lowest BCUT2D eigenvalue weighted by molar-refractivity contribution is 0.102. The van der Waals surface area contributed by atoms with Crippen molar-refractivity contribution in [2.45, 2.75) is 30.6 Å². The highest BCUT2D eigenvalue weighted by atomic mass is 32.2. The maximum Gasteiger partial charge on any atom is 0.262 e. The molecule has 9 nitrogen and oxygen atoms in total. The SMILES string of the molecule is Cc1ccc(-n2nc(C3CCN([S+]([O-])c4ccc(F)cc4F)CC3)cc2NC(=O)c2cnn3cccnc23)cc1. The molecule has 0 saturated carbocycles. The summed E-state index contributed by atoms with van der Waals surface area (Å²) in [5.41, 5.74) is 3.45. The van der Waals surface area contributed by atoms with Crippen LogP contribution >= 0.6 is 0 Å². The van der Waals surface area contributed by atoms with E-state index in [4.69, 9.17) is 5.10 Å². The third-order valence-corrected chi connectivity index (χ3v) is 8.50. The molecule has 5 aromatic rings. The van der Waals surface area contributed by atoms with Crippen molar-refractivity contribution in [3.8, 4) is 5.69 Å². The number of carbonyl (C=O) groups excluding carboxylic acids is 1. The molecule has 1 amide bonds. The number of halogens is 2. The Kier molecular flexibility index (Phi) is 7.05. The van der Waals surface area contributed by atoms with Crippen molar-refractivity contribution in [1.82, 2.24) is 28.7 Å². The summed E-state index contributed by atoms with van der Waals surface area (Å²) in [7, 11) is 0. The minimum Gasteiger partial charge on any atom is -0.593 e. The number of hydrogen-bond donors (Lipinski definition) is 1. The largest absolute Gasteiger partial charge is 0.593 e. The predicted octanol–water partition coefficient (Wildman–Crippen LogP) is 4.66. The second kappa shape index (κ2) is 10.8. The van der Waals surface area contributed by atoms with E-state index >= 15 is 0 Å². The average Bonchev–Trinajstić information content (AvgIpc) is 3.58. The topological polar surface area (TPSA) is 103 Å². The van der Waals surface area contributed by atoms with E-state index in [-0.39, 0.29) is 16.7 Å². The zero-order chi connectivity index (χ0) is 27.8. The fourth-order valence-corrected chi connectivity index (χ4v) is 6.05. The molecule has 1 unspecified atom stereocenters. The molecule has 1 N–H and O–H groups in total. The molecule has 1 saturated heterocycles. The zero-order valence-electron chi connectivity index (χ0n) is 21.5. The number of rotatable bonds is 6. The standard InChI is InChI=1S/C28H25F2N7O2S/c1-18-3-6-21(7-4-18)37-26(33-28(38)22-17-32-36-12-2-11-31-27(22)36)16-24(34-37)19-9-13-35(14-10-19)40(39)25-8-5-20(29)15-23(25)30/h2-8,11-12,15-17,19H,9-10,13-14H2,1H3,(H,33,38). The number of fused-ring (bicyclic) bond motifs is 1. The Labute approximate surface area is 231 Å². The van der Waals surface area contributed by atoms with Crippen LogP contribution in [0.4, 0.5) is 14.6 Å². The second-order valence-corrected chi connectivity index (χ2v) is 11.1. The van der Waals surface area contributed by atoms with Crippen LogP contribution in [0.3, 0.4) is 0 Å². The summed E-state index contributed by atoms with van der Waals surface area (Å²) in [4.78, 5) is 17.5. The van der Waals surface area contributed by atoms with Gasteiger partial charge in [0.05, 0.1) is 28.9 Å². The van der Waals surface area contributed by atoms with Crippen LogP contribution < -0.4 is 5.32 Å². The molecule has 40 heavy (non-hydrogen) atoms. The highest BCUT2D eigenvalue weighted by Crippen LogP contribution is 2.33. The number of amides is 1. The summed E-state index contributed by atoms with van der Waals surface area (Å²) in [5.74, 6) is -1.35. The van der Waals surface area contributed by atoms with Crippen LogP contribution in [0.25, 0.3) is 11.3 Å². The first-order chi connectivity index (χ1) is 19.4. The highest BCUT2D eigenvalue weighted by molar-refractivity contribution is 7.89. The molecule has 0 bridgehead atoms. The number of aromatic nitrogens is 5. The number of aryl methyl sites for hydroxylation is 1. The highest BCUT2D eigenvalue weighted by Gasteiger charge is 2.32. The first kappa shape index (κ1) is 26.1.